The van der Waals surface area contributed by atoms with Gasteiger partial charge in [0.05, 0.1) is 35.3 Å². The molecule has 0 atom stereocenters. The summed E-state index contributed by atoms with van der Waals surface area (Å²) in [5.41, 5.74) is 1.95. The number of nitrogens with one attached hydrogen (secondary N) is 2. The molecule has 1 aliphatic rings. The monoisotopic (exact) mass is 487 g/mol. The van der Waals surface area contributed by atoms with Crippen LogP contribution in [-0.4, -0.2) is 66.8 Å². The Hall–Kier alpha value is -3.12. The Balaban J connectivity index is 1.36. The zero-order chi connectivity index (χ0) is 23.8. The van der Waals surface area contributed by atoms with E-state index in [1.54, 1.807) is 17.0 Å². The number of hydrogen-bond acceptors (Lipinski definition) is 5. The van der Waals surface area contributed by atoms with Crippen molar-refractivity contribution in [2.75, 3.05) is 39.3 Å². The predicted molar refractivity (Wildman–Crippen MR) is 125 cm³/mol. The van der Waals surface area contributed by atoms with Crippen LogP contribution in [0.15, 0.2) is 42.5 Å². The molecule has 3 amide bonds. The summed E-state index contributed by atoms with van der Waals surface area (Å²) in [5, 5.41) is 14.5. The van der Waals surface area contributed by atoms with E-state index in [9.17, 15) is 14.4 Å². The summed E-state index contributed by atoms with van der Waals surface area (Å²) in [4.78, 5) is 40.5. The van der Waals surface area contributed by atoms with Crippen LogP contribution in [0.1, 0.15) is 21.5 Å². The van der Waals surface area contributed by atoms with Gasteiger partial charge in [-0.25, -0.2) is 0 Å². The lowest BCUT2D eigenvalue weighted by Gasteiger charge is -2.34. The molecule has 10 heteroatoms. The van der Waals surface area contributed by atoms with Crippen LogP contribution in [0.2, 0.25) is 10.0 Å². The smallest absolute Gasteiger partial charge is 0.253 e. The molecule has 0 aliphatic carbocycles. The number of nitrogens with zero attached hydrogens (tertiary/aromatic N) is 3. The minimum atomic E-state index is -0.503. The number of benzene rings is 2. The molecule has 1 aliphatic heterocycles. The van der Waals surface area contributed by atoms with Crippen molar-refractivity contribution in [2.45, 2.75) is 6.54 Å². The maximum absolute atomic E-state index is 12.4. The molecule has 2 aromatic rings. The van der Waals surface area contributed by atoms with Crippen LogP contribution in [-0.2, 0) is 16.1 Å². The minimum Gasteiger partial charge on any atom is -0.345 e. The summed E-state index contributed by atoms with van der Waals surface area (Å²) in [6.07, 6.45) is 0. The van der Waals surface area contributed by atoms with Gasteiger partial charge >= 0.3 is 0 Å². The van der Waals surface area contributed by atoms with Crippen molar-refractivity contribution in [1.82, 2.24) is 20.4 Å². The molecule has 33 heavy (non-hydrogen) atoms. The number of amides is 3. The SMILES string of the molecule is N#Cc1ccc(CN2CCN(C(=O)CNC(=O)CNC(=O)c3ccc(Cl)cc3Cl)CC2)cc1. The Bertz CT molecular complexity index is 1060. The van der Waals surface area contributed by atoms with E-state index in [4.69, 9.17) is 28.5 Å². The van der Waals surface area contributed by atoms with E-state index in [2.05, 4.69) is 21.6 Å². The molecular formula is C23H23Cl2N5O3. The summed E-state index contributed by atoms with van der Waals surface area (Å²) in [6.45, 7) is 2.92. The first-order valence-corrected chi connectivity index (χ1v) is 11.1. The van der Waals surface area contributed by atoms with Crippen molar-refractivity contribution in [3.63, 3.8) is 0 Å². The quantitative estimate of drug-likeness (QED) is 0.621. The zero-order valence-electron chi connectivity index (χ0n) is 17.8. The van der Waals surface area contributed by atoms with E-state index >= 15 is 0 Å². The van der Waals surface area contributed by atoms with Gasteiger partial charge in [0, 0.05) is 37.7 Å². The molecule has 1 heterocycles. The third-order valence-electron chi connectivity index (χ3n) is 5.24. The molecule has 8 nitrogen and oxygen atoms in total. The first kappa shape index (κ1) is 24.5. The number of nitriles is 1. The van der Waals surface area contributed by atoms with Crippen molar-refractivity contribution in [3.8, 4) is 6.07 Å². The molecule has 0 bridgehead atoms. The van der Waals surface area contributed by atoms with Gasteiger partial charge in [-0.15, -0.1) is 0 Å². The lowest BCUT2D eigenvalue weighted by molar-refractivity contribution is -0.134. The highest BCUT2D eigenvalue weighted by Gasteiger charge is 2.21. The van der Waals surface area contributed by atoms with Crippen LogP contribution in [0.3, 0.4) is 0 Å². The Kier molecular flexibility index (Phi) is 8.66. The molecule has 1 fully saturated rings. The molecule has 1 saturated heterocycles. The van der Waals surface area contributed by atoms with E-state index < -0.39 is 11.8 Å². The molecule has 2 aromatic carbocycles. The van der Waals surface area contributed by atoms with E-state index in [1.807, 2.05) is 12.1 Å². The van der Waals surface area contributed by atoms with Crippen LogP contribution in [0, 0.1) is 11.3 Å². The Morgan fingerprint density at radius 3 is 2.27 bits per heavy atom. The maximum atomic E-state index is 12.4. The zero-order valence-corrected chi connectivity index (χ0v) is 19.3. The molecule has 0 radical (unpaired) electrons. The van der Waals surface area contributed by atoms with Gasteiger partial charge in [0.15, 0.2) is 0 Å². The third-order valence-corrected chi connectivity index (χ3v) is 5.78. The molecule has 2 N–H and O–H groups in total. The Labute approximate surface area is 202 Å². The predicted octanol–water partition coefficient (Wildman–Crippen LogP) is 2.06. The van der Waals surface area contributed by atoms with Gasteiger partial charge in [-0.1, -0.05) is 35.3 Å². The molecule has 0 saturated carbocycles. The van der Waals surface area contributed by atoms with Gasteiger partial charge < -0.3 is 15.5 Å². The van der Waals surface area contributed by atoms with Crippen molar-refractivity contribution < 1.29 is 14.4 Å². The van der Waals surface area contributed by atoms with Gasteiger partial charge in [-0.2, -0.15) is 5.26 Å². The number of rotatable bonds is 7. The van der Waals surface area contributed by atoms with Gasteiger partial charge in [-0.3, -0.25) is 19.3 Å². The summed E-state index contributed by atoms with van der Waals surface area (Å²) < 4.78 is 0. The highest BCUT2D eigenvalue weighted by atomic mass is 35.5. The Morgan fingerprint density at radius 2 is 1.64 bits per heavy atom. The van der Waals surface area contributed by atoms with Gasteiger partial charge in [0.1, 0.15) is 0 Å². The molecule has 172 valence electrons. The van der Waals surface area contributed by atoms with Crippen LogP contribution in [0.25, 0.3) is 0 Å². The topological polar surface area (TPSA) is 106 Å². The second kappa shape index (κ2) is 11.7. The number of halogens is 2. The number of piperazine rings is 1. The average Bonchev–Trinajstić information content (AvgIpc) is 2.82. The summed E-state index contributed by atoms with van der Waals surface area (Å²) in [6, 6.07) is 14.0. The highest BCUT2D eigenvalue weighted by Crippen LogP contribution is 2.20. The second-order valence-electron chi connectivity index (χ2n) is 7.55. The van der Waals surface area contributed by atoms with E-state index in [0.717, 1.165) is 25.2 Å². The maximum Gasteiger partial charge on any atom is 0.253 e. The van der Waals surface area contributed by atoms with E-state index in [0.29, 0.717) is 23.7 Å². The fourth-order valence-electron chi connectivity index (χ4n) is 3.38. The van der Waals surface area contributed by atoms with Crippen LogP contribution < -0.4 is 10.6 Å². The lowest BCUT2D eigenvalue weighted by Crippen LogP contribution is -2.51. The fourth-order valence-corrected chi connectivity index (χ4v) is 3.87. The molecular weight excluding hydrogens is 465 g/mol. The van der Waals surface area contributed by atoms with Crippen molar-refractivity contribution in [2.24, 2.45) is 0 Å². The number of hydrogen-bond donors (Lipinski definition) is 2. The van der Waals surface area contributed by atoms with Crippen molar-refractivity contribution >= 4 is 40.9 Å². The lowest BCUT2D eigenvalue weighted by atomic mass is 10.1. The summed E-state index contributed by atoms with van der Waals surface area (Å²) in [5.74, 6) is -1.15. The van der Waals surface area contributed by atoms with E-state index in [-0.39, 0.29) is 29.6 Å². The first-order valence-electron chi connectivity index (χ1n) is 10.3. The molecule has 3 rings (SSSR count). The van der Waals surface area contributed by atoms with Crippen LogP contribution in [0.5, 0.6) is 0 Å². The molecule has 0 aromatic heterocycles. The number of carbonyl (C=O) groups excluding carboxylic acids is 3. The number of carbonyl (C=O) groups is 3. The average molecular weight is 488 g/mol. The van der Waals surface area contributed by atoms with Crippen molar-refractivity contribution in [3.05, 3.63) is 69.2 Å². The van der Waals surface area contributed by atoms with Gasteiger partial charge in [0.25, 0.3) is 5.91 Å². The molecule has 0 spiro atoms. The van der Waals surface area contributed by atoms with Gasteiger partial charge in [-0.05, 0) is 35.9 Å². The van der Waals surface area contributed by atoms with Crippen LogP contribution >= 0.6 is 23.2 Å². The fraction of sp³-hybridized carbons (Fsp3) is 0.304. The standard InChI is InChI=1S/C23H23Cl2N5O3/c24-18-5-6-19(20(25)11-18)23(33)28-13-21(31)27-14-22(32)30-9-7-29(8-10-30)15-17-3-1-16(12-26)2-4-17/h1-6,11H,7-10,13-15H2,(H,27,31)(H,28,33). The van der Waals surface area contributed by atoms with Crippen LogP contribution in [0.4, 0.5) is 0 Å². The van der Waals surface area contributed by atoms with Crippen molar-refractivity contribution in [1.29, 1.82) is 5.26 Å². The second-order valence-corrected chi connectivity index (χ2v) is 8.39. The normalized spacial score (nSPS) is 13.8. The highest BCUT2D eigenvalue weighted by molar-refractivity contribution is 6.36. The molecule has 0 unspecified atom stereocenters. The largest absolute Gasteiger partial charge is 0.345 e. The summed E-state index contributed by atoms with van der Waals surface area (Å²) in [7, 11) is 0. The minimum absolute atomic E-state index is 0.133. The third kappa shape index (κ3) is 7.19. The first-order chi connectivity index (χ1) is 15.9. The van der Waals surface area contributed by atoms with Gasteiger partial charge in [0.2, 0.25) is 11.8 Å². The van der Waals surface area contributed by atoms with E-state index in [1.165, 1.54) is 18.2 Å². The summed E-state index contributed by atoms with van der Waals surface area (Å²) >= 11 is 11.8. The Morgan fingerprint density at radius 1 is 0.939 bits per heavy atom.